The maximum atomic E-state index is 12.6. The van der Waals surface area contributed by atoms with Gasteiger partial charge in [0.05, 0.1) is 18.0 Å². The summed E-state index contributed by atoms with van der Waals surface area (Å²) in [5, 5.41) is 23.2. The van der Waals surface area contributed by atoms with E-state index in [9.17, 15) is 29.6 Å². The summed E-state index contributed by atoms with van der Waals surface area (Å²) < 4.78 is 4.95. The number of carbonyl (C=O) groups excluding carboxylic acids is 2. The van der Waals surface area contributed by atoms with Gasteiger partial charge < -0.3 is 15.2 Å². The van der Waals surface area contributed by atoms with E-state index < -0.39 is 28.8 Å². The second-order valence-electron chi connectivity index (χ2n) is 7.12. The molecule has 1 aromatic rings. The van der Waals surface area contributed by atoms with Crippen LogP contribution in [-0.2, 0) is 19.1 Å². The van der Waals surface area contributed by atoms with Crippen LogP contribution in [-0.4, -0.2) is 40.5 Å². The number of non-ortho nitro benzene ring substituents is 1. The lowest BCUT2D eigenvalue weighted by molar-refractivity contribution is -0.384. The highest BCUT2D eigenvalue weighted by Crippen LogP contribution is 2.29. The van der Waals surface area contributed by atoms with E-state index in [0.29, 0.717) is 18.4 Å². The van der Waals surface area contributed by atoms with Crippen molar-refractivity contribution in [3.05, 3.63) is 39.9 Å². The number of esters is 1. The summed E-state index contributed by atoms with van der Waals surface area (Å²) in [6.45, 7) is 1.77. The number of nitrogens with one attached hydrogen (secondary N) is 1. The van der Waals surface area contributed by atoms with E-state index in [4.69, 9.17) is 4.74 Å². The number of ether oxygens (including phenoxy) is 1. The zero-order chi connectivity index (χ0) is 21.4. The number of hydrogen-bond donors (Lipinski definition) is 2. The van der Waals surface area contributed by atoms with Crippen molar-refractivity contribution in [2.75, 3.05) is 6.61 Å². The summed E-state index contributed by atoms with van der Waals surface area (Å²) in [6, 6.07) is 3.95. The van der Waals surface area contributed by atoms with Crippen molar-refractivity contribution in [1.29, 1.82) is 0 Å². The van der Waals surface area contributed by atoms with Crippen LogP contribution in [0.5, 0.6) is 0 Å². The Labute approximate surface area is 168 Å². The molecule has 0 aliphatic heterocycles. The summed E-state index contributed by atoms with van der Waals surface area (Å²) in [6.07, 6.45) is 4.04. The van der Waals surface area contributed by atoms with Crippen LogP contribution in [0.2, 0.25) is 0 Å². The fourth-order valence-electron chi connectivity index (χ4n) is 3.64. The van der Waals surface area contributed by atoms with E-state index in [-0.39, 0.29) is 30.5 Å². The first-order valence-corrected chi connectivity index (χ1v) is 9.76. The third-order valence-corrected chi connectivity index (χ3v) is 5.17. The largest absolute Gasteiger partial charge is 0.480 e. The molecule has 0 bridgehead atoms. The van der Waals surface area contributed by atoms with Crippen molar-refractivity contribution in [2.24, 2.45) is 5.92 Å². The molecule has 9 heteroatoms. The molecule has 2 rings (SSSR count). The van der Waals surface area contributed by atoms with Gasteiger partial charge >= 0.3 is 11.9 Å². The lowest BCUT2D eigenvalue weighted by Gasteiger charge is -2.28. The predicted molar refractivity (Wildman–Crippen MR) is 103 cm³/mol. The number of hydrogen-bond acceptors (Lipinski definition) is 6. The molecular weight excluding hydrogens is 380 g/mol. The number of carboxylic acids is 1. The van der Waals surface area contributed by atoms with Gasteiger partial charge in [-0.25, -0.2) is 4.79 Å². The summed E-state index contributed by atoms with van der Waals surface area (Å²) in [5.41, 5.74) is 0.252. The maximum absolute atomic E-state index is 12.6. The third-order valence-electron chi connectivity index (χ3n) is 5.17. The monoisotopic (exact) mass is 406 g/mol. The van der Waals surface area contributed by atoms with Gasteiger partial charge in [-0.05, 0) is 25.3 Å². The van der Waals surface area contributed by atoms with Gasteiger partial charge in [0, 0.05) is 24.0 Å². The predicted octanol–water partition coefficient (Wildman–Crippen LogP) is 2.78. The Balaban J connectivity index is 2.28. The molecule has 2 N–H and O–H groups in total. The number of carboxylic acid groups (broad SMARTS) is 1. The second kappa shape index (κ2) is 10.5. The van der Waals surface area contributed by atoms with E-state index in [1.165, 1.54) is 24.3 Å². The van der Waals surface area contributed by atoms with Crippen LogP contribution < -0.4 is 5.32 Å². The van der Waals surface area contributed by atoms with Gasteiger partial charge in [-0.1, -0.05) is 31.4 Å². The summed E-state index contributed by atoms with van der Waals surface area (Å²) in [5.74, 6) is -3.38. The number of nitrogens with zero attached hydrogens (tertiary/aromatic N) is 1. The molecule has 29 heavy (non-hydrogen) atoms. The summed E-state index contributed by atoms with van der Waals surface area (Å²) in [4.78, 5) is 47.0. The number of benzene rings is 1. The second-order valence-corrected chi connectivity index (χ2v) is 7.12. The average Bonchev–Trinajstić information content (AvgIpc) is 2.71. The Morgan fingerprint density at radius 1 is 1.21 bits per heavy atom. The summed E-state index contributed by atoms with van der Waals surface area (Å²) in [7, 11) is 0. The van der Waals surface area contributed by atoms with Crippen molar-refractivity contribution in [1.82, 2.24) is 5.32 Å². The molecule has 0 radical (unpaired) electrons. The average molecular weight is 406 g/mol. The molecule has 0 unspecified atom stereocenters. The fourth-order valence-corrected chi connectivity index (χ4v) is 3.64. The topological polar surface area (TPSA) is 136 Å². The van der Waals surface area contributed by atoms with E-state index in [2.05, 4.69) is 5.32 Å². The van der Waals surface area contributed by atoms with Crippen molar-refractivity contribution in [3.63, 3.8) is 0 Å². The van der Waals surface area contributed by atoms with Crippen LogP contribution in [0.1, 0.15) is 56.9 Å². The van der Waals surface area contributed by atoms with Gasteiger partial charge in [-0.2, -0.15) is 0 Å². The molecule has 0 heterocycles. The number of rotatable bonds is 9. The van der Waals surface area contributed by atoms with Crippen LogP contribution in [0.25, 0.3) is 0 Å². The van der Waals surface area contributed by atoms with Gasteiger partial charge in [-0.3, -0.25) is 19.7 Å². The van der Waals surface area contributed by atoms with Crippen LogP contribution in [0.3, 0.4) is 0 Å². The van der Waals surface area contributed by atoms with E-state index in [1.54, 1.807) is 6.92 Å². The number of amides is 1. The molecule has 1 aliphatic carbocycles. The number of aliphatic carboxylic acids is 1. The van der Waals surface area contributed by atoms with Gasteiger partial charge in [0.25, 0.3) is 5.69 Å². The van der Waals surface area contributed by atoms with Crippen molar-refractivity contribution >= 4 is 23.5 Å². The normalized spacial score (nSPS) is 16.4. The zero-order valence-electron chi connectivity index (χ0n) is 16.3. The quantitative estimate of drug-likeness (QED) is 0.365. The highest BCUT2D eigenvalue weighted by Gasteiger charge is 2.35. The molecule has 1 fully saturated rings. The Hall–Kier alpha value is -2.97. The molecular formula is C20H26N2O7. The molecule has 1 aliphatic rings. The molecule has 0 aromatic heterocycles. The first-order valence-electron chi connectivity index (χ1n) is 9.76. The fraction of sp³-hybridized carbons (Fsp3) is 0.550. The lowest BCUT2D eigenvalue weighted by Crippen LogP contribution is -2.48. The number of nitro groups is 1. The van der Waals surface area contributed by atoms with Crippen molar-refractivity contribution < 1.29 is 29.2 Å². The van der Waals surface area contributed by atoms with Gasteiger partial charge in [-0.15, -0.1) is 0 Å². The molecule has 0 spiro atoms. The first kappa shape index (κ1) is 22.3. The lowest BCUT2D eigenvalue weighted by atomic mass is 9.85. The maximum Gasteiger partial charge on any atom is 0.326 e. The molecule has 2 atom stereocenters. The van der Waals surface area contributed by atoms with E-state index in [1.807, 2.05) is 0 Å². The molecule has 1 amide bonds. The minimum atomic E-state index is -1.35. The Morgan fingerprint density at radius 3 is 2.34 bits per heavy atom. The zero-order valence-corrected chi connectivity index (χ0v) is 16.3. The highest BCUT2D eigenvalue weighted by atomic mass is 16.6. The van der Waals surface area contributed by atoms with Crippen LogP contribution in [0, 0.1) is 16.0 Å². The van der Waals surface area contributed by atoms with Crippen LogP contribution in [0.4, 0.5) is 5.69 Å². The third kappa shape index (κ3) is 6.27. The van der Waals surface area contributed by atoms with Crippen LogP contribution >= 0.6 is 0 Å². The molecule has 0 saturated heterocycles. The molecule has 1 aromatic carbocycles. The van der Waals surface area contributed by atoms with Gasteiger partial charge in [0.15, 0.2) is 0 Å². The molecule has 9 nitrogen and oxygen atoms in total. The Kier molecular flexibility index (Phi) is 8.11. The molecule has 1 saturated carbocycles. The van der Waals surface area contributed by atoms with E-state index in [0.717, 1.165) is 19.3 Å². The van der Waals surface area contributed by atoms with Gasteiger partial charge in [0.2, 0.25) is 5.91 Å². The minimum absolute atomic E-state index is 0.137. The number of carbonyl (C=O) groups is 3. The van der Waals surface area contributed by atoms with Crippen molar-refractivity contribution in [2.45, 2.75) is 57.4 Å². The van der Waals surface area contributed by atoms with Crippen LogP contribution in [0.15, 0.2) is 24.3 Å². The first-order chi connectivity index (χ1) is 13.8. The minimum Gasteiger partial charge on any atom is -0.480 e. The Morgan fingerprint density at radius 2 is 1.83 bits per heavy atom. The Bertz CT molecular complexity index is 742. The SMILES string of the molecule is CCOC(=O)C[C@H](c1ccc([N+](=O)[O-])cc1)[C@@H](NC(=O)C1CCCCC1)C(=O)O. The highest BCUT2D eigenvalue weighted by molar-refractivity contribution is 5.86. The smallest absolute Gasteiger partial charge is 0.326 e. The van der Waals surface area contributed by atoms with E-state index >= 15 is 0 Å². The van der Waals surface area contributed by atoms with Crippen molar-refractivity contribution in [3.8, 4) is 0 Å². The summed E-state index contributed by atoms with van der Waals surface area (Å²) >= 11 is 0. The standard InChI is InChI=1S/C20H26N2O7/c1-2-29-17(23)12-16(13-8-10-15(11-9-13)22(27)28)18(20(25)26)21-19(24)14-6-4-3-5-7-14/h8-11,14,16,18H,2-7,12H2,1H3,(H,21,24)(H,25,26)/t16-,18-/m1/s1. The number of nitro benzene ring substituents is 1. The van der Waals surface area contributed by atoms with Gasteiger partial charge in [0.1, 0.15) is 6.04 Å². The molecule has 158 valence electrons.